The van der Waals surface area contributed by atoms with Gasteiger partial charge in [0.05, 0.1) is 23.4 Å². The fraction of sp³-hybridized carbons (Fsp3) is 0.250. The zero-order valence-corrected chi connectivity index (χ0v) is 13.8. The molecule has 0 spiro atoms. The minimum Gasteiger partial charge on any atom is -0.394 e. The van der Waals surface area contributed by atoms with Crippen LogP contribution in [0.5, 0.6) is 0 Å². The first-order chi connectivity index (χ1) is 11.0. The van der Waals surface area contributed by atoms with Crippen LogP contribution in [0.25, 0.3) is 22.2 Å². The standard InChI is InChI=1S/C20H22N2O/c1-14-8-4-5-9-15(14)18-12-19(22-20(2,3)13-23)16-10-6-7-11-17(16)21-18/h4-12,23H,13H2,1-3H3,(H,21,22). The first-order valence-electron chi connectivity index (χ1n) is 7.85. The summed E-state index contributed by atoms with van der Waals surface area (Å²) in [4.78, 5) is 4.82. The highest BCUT2D eigenvalue weighted by Gasteiger charge is 2.18. The molecule has 0 amide bonds. The predicted octanol–water partition coefficient (Wildman–Crippen LogP) is 4.39. The summed E-state index contributed by atoms with van der Waals surface area (Å²) < 4.78 is 0. The second-order valence-corrected chi connectivity index (χ2v) is 6.55. The van der Waals surface area contributed by atoms with Gasteiger partial charge in [-0.25, -0.2) is 4.98 Å². The highest BCUT2D eigenvalue weighted by molar-refractivity contribution is 5.94. The molecule has 23 heavy (non-hydrogen) atoms. The number of benzene rings is 2. The molecule has 3 rings (SSSR count). The van der Waals surface area contributed by atoms with Gasteiger partial charge in [0, 0.05) is 16.6 Å². The molecule has 0 radical (unpaired) electrons. The molecule has 0 bridgehead atoms. The number of anilines is 1. The van der Waals surface area contributed by atoms with Crippen LogP contribution in [0.3, 0.4) is 0 Å². The summed E-state index contributed by atoms with van der Waals surface area (Å²) in [7, 11) is 0. The highest BCUT2D eigenvalue weighted by Crippen LogP contribution is 2.31. The summed E-state index contributed by atoms with van der Waals surface area (Å²) in [5, 5.41) is 14.1. The maximum absolute atomic E-state index is 9.58. The van der Waals surface area contributed by atoms with E-state index in [2.05, 4.69) is 36.5 Å². The van der Waals surface area contributed by atoms with Gasteiger partial charge in [-0.1, -0.05) is 42.5 Å². The second-order valence-electron chi connectivity index (χ2n) is 6.55. The number of hydrogen-bond donors (Lipinski definition) is 2. The monoisotopic (exact) mass is 306 g/mol. The van der Waals surface area contributed by atoms with Gasteiger partial charge in [-0.2, -0.15) is 0 Å². The Balaban J connectivity index is 2.20. The molecule has 0 saturated heterocycles. The van der Waals surface area contributed by atoms with Crippen LogP contribution in [-0.4, -0.2) is 22.2 Å². The van der Waals surface area contributed by atoms with Crippen LogP contribution in [-0.2, 0) is 0 Å². The smallest absolute Gasteiger partial charge is 0.0732 e. The number of aliphatic hydroxyl groups is 1. The fourth-order valence-electron chi connectivity index (χ4n) is 2.68. The molecular formula is C20H22N2O. The van der Waals surface area contributed by atoms with E-state index >= 15 is 0 Å². The van der Waals surface area contributed by atoms with Crippen molar-refractivity contribution in [3.63, 3.8) is 0 Å². The molecule has 2 N–H and O–H groups in total. The lowest BCUT2D eigenvalue weighted by molar-refractivity contribution is 0.234. The molecule has 2 aromatic carbocycles. The average Bonchev–Trinajstić information content (AvgIpc) is 2.55. The Bertz CT molecular complexity index is 840. The number of aliphatic hydroxyl groups excluding tert-OH is 1. The van der Waals surface area contributed by atoms with Crippen molar-refractivity contribution in [3.05, 3.63) is 60.2 Å². The van der Waals surface area contributed by atoms with Gasteiger partial charge in [-0.3, -0.25) is 0 Å². The lowest BCUT2D eigenvalue weighted by Crippen LogP contribution is -2.35. The van der Waals surface area contributed by atoms with Crippen molar-refractivity contribution in [1.82, 2.24) is 4.98 Å². The van der Waals surface area contributed by atoms with Crippen molar-refractivity contribution < 1.29 is 5.11 Å². The number of nitrogens with one attached hydrogen (secondary N) is 1. The summed E-state index contributed by atoms with van der Waals surface area (Å²) in [6, 6.07) is 18.4. The van der Waals surface area contributed by atoms with Crippen LogP contribution in [0.15, 0.2) is 54.6 Å². The molecular weight excluding hydrogens is 284 g/mol. The molecule has 0 saturated carbocycles. The zero-order valence-electron chi connectivity index (χ0n) is 13.8. The normalized spacial score (nSPS) is 11.7. The quantitative estimate of drug-likeness (QED) is 0.751. The summed E-state index contributed by atoms with van der Waals surface area (Å²) in [6.45, 7) is 6.12. The molecule has 3 heteroatoms. The van der Waals surface area contributed by atoms with Gasteiger partial charge in [0.25, 0.3) is 0 Å². The lowest BCUT2D eigenvalue weighted by atomic mass is 10.0. The van der Waals surface area contributed by atoms with E-state index in [1.54, 1.807) is 0 Å². The van der Waals surface area contributed by atoms with Gasteiger partial charge < -0.3 is 10.4 Å². The average molecular weight is 306 g/mol. The molecule has 0 aliphatic carbocycles. The molecule has 0 aliphatic heterocycles. The Morgan fingerprint density at radius 2 is 1.74 bits per heavy atom. The number of fused-ring (bicyclic) bond motifs is 1. The van der Waals surface area contributed by atoms with Crippen LogP contribution in [0.2, 0.25) is 0 Å². The van der Waals surface area contributed by atoms with Gasteiger partial charge >= 0.3 is 0 Å². The van der Waals surface area contributed by atoms with Gasteiger partial charge in [0.15, 0.2) is 0 Å². The third kappa shape index (κ3) is 3.20. The fourth-order valence-corrected chi connectivity index (χ4v) is 2.68. The molecule has 0 unspecified atom stereocenters. The Hall–Kier alpha value is -2.39. The Labute approximate surface area is 137 Å². The summed E-state index contributed by atoms with van der Waals surface area (Å²) in [6.07, 6.45) is 0. The number of hydrogen-bond acceptors (Lipinski definition) is 3. The van der Waals surface area contributed by atoms with Crippen molar-refractivity contribution >= 4 is 16.6 Å². The molecule has 3 nitrogen and oxygen atoms in total. The van der Waals surface area contributed by atoms with E-state index in [1.165, 1.54) is 5.56 Å². The van der Waals surface area contributed by atoms with Crippen LogP contribution in [0.4, 0.5) is 5.69 Å². The minimum absolute atomic E-state index is 0.0589. The number of para-hydroxylation sites is 1. The first kappa shape index (κ1) is 15.5. The van der Waals surface area contributed by atoms with Crippen molar-refractivity contribution in [1.29, 1.82) is 0 Å². The van der Waals surface area contributed by atoms with E-state index in [4.69, 9.17) is 4.98 Å². The van der Waals surface area contributed by atoms with Crippen molar-refractivity contribution in [2.24, 2.45) is 0 Å². The minimum atomic E-state index is -0.396. The van der Waals surface area contributed by atoms with E-state index in [-0.39, 0.29) is 6.61 Å². The summed E-state index contributed by atoms with van der Waals surface area (Å²) in [5.41, 5.74) is 4.81. The molecule has 0 atom stereocenters. The first-order valence-corrected chi connectivity index (χ1v) is 7.85. The number of pyridine rings is 1. The molecule has 3 aromatic rings. The summed E-state index contributed by atoms with van der Waals surface area (Å²) >= 11 is 0. The second kappa shape index (κ2) is 6.01. The molecule has 118 valence electrons. The van der Waals surface area contributed by atoms with Crippen molar-refractivity contribution in [2.75, 3.05) is 11.9 Å². The molecule has 1 heterocycles. The predicted molar refractivity (Wildman–Crippen MR) is 96.7 cm³/mol. The molecule has 0 fully saturated rings. The molecule has 0 aliphatic rings. The van der Waals surface area contributed by atoms with Crippen LogP contribution in [0.1, 0.15) is 19.4 Å². The highest BCUT2D eigenvalue weighted by atomic mass is 16.3. The topological polar surface area (TPSA) is 45.1 Å². The van der Waals surface area contributed by atoms with Crippen LogP contribution in [0, 0.1) is 6.92 Å². The Morgan fingerprint density at radius 3 is 2.48 bits per heavy atom. The van der Waals surface area contributed by atoms with Gasteiger partial charge in [0.2, 0.25) is 0 Å². The zero-order chi connectivity index (χ0) is 16.4. The maximum atomic E-state index is 9.58. The van der Waals surface area contributed by atoms with E-state index in [9.17, 15) is 5.11 Å². The largest absolute Gasteiger partial charge is 0.394 e. The summed E-state index contributed by atoms with van der Waals surface area (Å²) in [5.74, 6) is 0. The number of nitrogens with zero attached hydrogens (tertiary/aromatic N) is 1. The van der Waals surface area contributed by atoms with Crippen molar-refractivity contribution in [2.45, 2.75) is 26.3 Å². The number of rotatable bonds is 4. The Morgan fingerprint density at radius 1 is 1.04 bits per heavy atom. The molecule has 1 aromatic heterocycles. The number of aryl methyl sites for hydroxylation is 1. The van der Waals surface area contributed by atoms with Gasteiger partial charge in [0.1, 0.15) is 0 Å². The SMILES string of the molecule is Cc1ccccc1-c1cc(NC(C)(C)CO)c2ccccc2n1. The lowest BCUT2D eigenvalue weighted by Gasteiger charge is -2.26. The van der Waals surface area contributed by atoms with E-state index in [0.29, 0.717) is 0 Å². The Kier molecular flexibility index (Phi) is 4.05. The third-order valence-corrected chi connectivity index (χ3v) is 4.01. The van der Waals surface area contributed by atoms with Gasteiger partial charge in [-0.05, 0) is 38.5 Å². The third-order valence-electron chi connectivity index (χ3n) is 4.01. The van der Waals surface area contributed by atoms with Crippen molar-refractivity contribution in [3.8, 4) is 11.3 Å². The number of aromatic nitrogens is 1. The van der Waals surface area contributed by atoms with Crippen LogP contribution < -0.4 is 5.32 Å². The van der Waals surface area contributed by atoms with E-state index < -0.39 is 5.54 Å². The maximum Gasteiger partial charge on any atom is 0.0732 e. The van der Waals surface area contributed by atoms with E-state index in [1.807, 2.05) is 44.2 Å². The van der Waals surface area contributed by atoms with Gasteiger partial charge in [-0.15, -0.1) is 0 Å². The van der Waals surface area contributed by atoms with Crippen LogP contribution >= 0.6 is 0 Å². The van der Waals surface area contributed by atoms with E-state index in [0.717, 1.165) is 27.8 Å².